The molecule has 0 amide bonds. The zero-order valence-corrected chi connectivity index (χ0v) is 12.7. The van der Waals surface area contributed by atoms with E-state index in [2.05, 4.69) is 5.16 Å². The molecule has 2 aromatic rings. The smallest absolute Gasteiger partial charge is 0.223 e. The first-order valence-electron chi connectivity index (χ1n) is 6.80. The van der Waals surface area contributed by atoms with Gasteiger partial charge in [0.15, 0.2) is 5.04 Å². The van der Waals surface area contributed by atoms with Crippen molar-refractivity contribution in [2.45, 2.75) is 17.4 Å². The number of nitriles is 1. The Morgan fingerprint density at radius 1 is 1.09 bits per heavy atom. The maximum Gasteiger partial charge on any atom is 0.223 e. The molecular weight excluding hydrogens is 316 g/mol. The number of oxime groups is 1. The van der Waals surface area contributed by atoms with E-state index in [1.807, 2.05) is 24.3 Å². The Hall–Kier alpha value is -2.85. The Morgan fingerprint density at radius 2 is 1.74 bits per heavy atom. The highest BCUT2D eigenvalue weighted by Gasteiger charge is 2.31. The van der Waals surface area contributed by atoms with Crippen LogP contribution >= 0.6 is 0 Å². The van der Waals surface area contributed by atoms with Crippen molar-refractivity contribution in [2.75, 3.05) is 0 Å². The lowest BCUT2D eigenvalue weighted by molar-refractivity contribution is 0.125. The Morgan fingerprint density at radius 3 is 2.35 bits per heavy atom. The molecule has 0 radical (unpaired) electrons. The third-order valence-corrected chi connectivity index (χ3v) is 4.96. The fourth-order valence-corrected chi connectivity index (χ4v) is 3.31. The Kier molecular flexibility index (Phi) is 4.00. The topological polar surface area (TPSA) is 88.8 Å². The van der Waals surface area contributed by atoms with Crippen LogP contribution in [-0.4, -0.2) is 19.6 Å². The molecule has 7 heteroatoms. The number of benzene rings is 2. The molecule has 0 aliphatic carbocycles. The van der Waals surface area contributed by atoms with E-state index in [-0.39, 0.29) is 16.4 Å². The van der Waals surface area contributed by atoms with Crippen LogP contribution in [0.1, 0.15) is 6.42 Å². The van der Waals surface area contributed by atoms with Crippen molar-refractivity contribution < 1.29 is 18.0 Å². The summed E-state index contributed by atoms with van der Waals surface area (Å²) in [5.41, 5.74) is 0. The highest BCUT2D eigenvalue weighted by molar-refractivity contribution is 8.06. The maximum absolute atomic E-state index is 12.4. The summed E-state index contributed by atoms with van der Waals surface area (Å²) >= 11 is 0. The number of ether oxygens (including phenoxy) is 1. The van der Waals surface area contributed by atoms with Gasteiger partial charge in [-0.15, -0.1) is 0 Å². The van der Waals surface area contributed by atoms with Crippen LogP contribution < -0.4 is 4.74 Å². The van der Waals surface area contributed by atoms with Crippen molar-refractivity contribution in [3.63, 3.8) is 0 Å². The van der Waals surface area contributed by atoms with Crippen molar-refractivity contribution in [2.24, 2.45) is 5.16 Å². The van der Waals surface area contributed by atoms with Crippen molar-refractivity contribution in [1.82, 2.24) is 0 Å². The lowest BCUT2D eigenvalue weighted by Gasteiger charge is -2.07. The van der Waals surface area contributed by atoms with Crippen LogP contribution in [-0.2, 0) is 14.7 Å². The predicted octanol–water partition coefficient (Wildman–Crippen LogP) is 2.88. The van der Waals surface area contributed by atoms with E-state index in [1.54, 1.807) is 24.3 Å². The van der Waals surface area contributed by atoms with Crippen LogP contribution in [0.4, 0.5) is 0 Å². The Labute approximate surface area is 133 Å². The van der Waals surface area contributed by atoms with Crippen LogP contribution in [0.25, 0.3) is 0 Å². The summed E-state index contributed by atoms with van der Waals surface area (Å²) in [5, 5.41) is 12.1. The van der Waals surface area contributed by atoms with Gasteiger partial charge in [0.1, 0.15) is 17.6 Å². The lowest BCUT2D eigenvalue weighted by Crippen LogP contribution is -2.15. The Balaban J connectivity index is 1.78. The average Bonchev–Trinajstić information content (AvgIpc) is 3.06. The summed E-state index contributed by atoms with van der Waals surface area (Å²) in [5.74, 6) is 1.18. The minimum absolute atomic E-state index is 0.0406. The third kappa shape index (κ3) is 3.17. The highest BCUT2D eigenvalue weighted by atomic mass is 32.2. The molecule has 0 fully saturated rings. The summed E-state index contributed by atoms with van der Waals surface area (Å²) in [6, 6.07) is 17.0. The van der Waals surface area contributed by atoms with Gasteiger partial charge >= 0.3 is 0 Å². The van der Waals surface area contributed by atoms with Crippen molar-refractivity contribution in [3.05, 3.63) is 54.6 Å². The van der Waals surface area contributed by atoms with Gasteiger partial charge < -0.3 is 9.57 Å². The number of para-hydroxylation sites is 1. The zero-order chi connectivity index (χ0) is 16.3. The summed E-state index contributed by atoms with van der Waals surface area (Å²) in [7, 11) is -3.75. The van der Waals surface area contributed by atoms with E-state index in [4.69, 9.17) is 14.8 Å². The number of hydrogen-bond acceptors (Lipinski definition) is 6. The van der Waals surface area contributed by atoms with E-state index in [0.717, 1.165) is 0 Å². The van der Waals surface area contributed by atoms with Gasteiger partial charge in [0.25, 0.3) is 0 Å². The van der Waals surface area contributed by atoms with Crippen LogP contribution in [0.5, 0.6) is 11.5 Å². The molecule has 0 aromatic heterocycles. The van der Waals surface area contributed by atoms with E-state index in [1.165, 1.54) is 12.1 Å². The molecule has 116 valence electrons. The van der Waals surface area contributed by atoms with Crippen LogP contribution in [0.15, 0.2) is 64.6 Å². The first kappa shape index (κ1) is 15.1. The highest BCUT2D eigenvalue weighted by Crippen LogP contribution is 2.25. The van der Waals surface area contributed by atoms with Gasteiger partial charge in [-0.25, -0.2) is 8.42 Å². The van der Waals surface area contributed by atoms with Crippen LogP contribution in [0.2, 0.25) is 0 Å². The molecule has 3 rings (SSSR count). The van der Waals surface area contributed by atoms with Gasteiger partial charge in [-0.3, -0.25) is 0 Å². The van der Waals surface area contributed by atoms with Gasteiger partial charge in [0, 0.05) is 0 Å². The standard InChI is InChI=1S/C16H12N2O4S/c17-11-14-10-16(18-22-14)23(19,20)15-8-6-13(7-9-15)21-12-4-2-1-3-5-12/h1-9,14H,10H2. The van der Waals surface area contributed by atoms with E-state index in [0.29, 0.717) is 11.5 Å². The SMILES string of the molecule is N#CC1CC(S(=O)(=O)c2ccc(Oc3ccccc3)cc2)=NO1. The molecule has 1 unspecified atom stereocenters. The normalized spacial score (nSPS) is 17.0. The van der Waals surface area contributed by atoms with Gasteiger partial charge in [0.05, 0.1) is 11.3 Å². The number of rotatable bonds is 3. The third-order valence-electron chi connectivity index (χ3n) is 3.21. The Bertz CT molecular complexity index is 869. The van der Waals surface area contributed by atoms with Crippen molar-refractivity contribution in [1.29, 1.82) is 5.26 Å². The number of sulfone groups is 1. The largest absolute Gasteiger partial charge is 0.457 e. The number of nitrogens with zero attached hydrogens (tertiary/aromatic N) is 2. The van der Waals surface area contributed by atoms with Crippen LogP contribution in [0, 0.1) is 11.3 Å². The molecule has 1 aliphatic rings. The maximum atomic E-state index is 12.4. The molecule has 0 saturated carbocycles. The van der Waals surface area contributed by atoms with Crippen molar-refractivity contribution in [3.8, 4) is 17.6 Å². The second-order valence-corrected chi connectivity index (χ2v) is 6.75. The lowest BCUT2D eigenvalue weighted by atomic mass is 10.3. The molecule has 1 heterocycles. The van der Waals surface area contributed by atoms with Gasteiger partial charge in [-0.05, 0) is 36.4 Å². The average molecular weight is 328 g/mol. The first-order chi connectivity index (χ1) is 11.1. The zero-order valence-electron chi connectivity index (χ0n) is 11.9. The predicted molar refractivity (Wildman–Crippen MR) is 82.7 cm³/mol. The minimum atomic E-state index is -3.75. The molecule has 23 heavy (non-hydrogen) atoms. The molecule has 0 bridgehead atoms. The summed E-state index contributed by atoms with van der Waals surface area (Å²) in [6.07, 6.45) is -0.887. The molecule has 1 atom stereocenters. The van der Waals surface area contributed by atoms with Crippen LogP contribution in [0.3, 0.4) is 0 Å². The molecule has 2 aromatic carbocycles. The quantitative estimate of drug-likeness (QED) is 0.864. The number of hydrogen-bond donors (Lipinski definition) is 0. The summed E-state index contributed by atoms with van der Waals surface area (Å²) in [4.78, 5) is 4.83. The van der Waals surface area contributed by atoms with Gasteiger partial charge in [0.2, 0.25) is 15.9 Å². The van der Waals surface area contributed by atoms with E-state index < -0.39 is 15.9 Å². The van der Waals surface area contributed by atoms with Crippen molar-refractivity contribution >= 4 is 14.9 Å². The monoisotopic (exact) mass is 328 g/mol. The molecule has 1 aliphatic heterocycles. The van der Waals surface area contributed by atoms with Gasteiger partial charge in [-0.2, -0.15) is 5.26 Å². The van der Waals surface area contributed by atoms with E-state index in [9.17, 15) is 8.42 Å². The molecule has 6 nitrogen and oxygen atoms in total. The second-order valence-electron chi connectivity index (χ2n) is 4.80. The first-order valence-corrected chi connectivity index (χ1v) is 8.28. The van der Waals surface area contributed by atoms with Gasteiger partial charge in [-0.1, -0.05) is 23.4 Å². The molecule has 0 saturated heterocycles. The molecule has 0 N–H and O–H groups in total. The van der Waals surface area contributed by atoms with E-state index >= 15 is 0 Å². The summed E-state index contributed by atoms with van der Waals surface area (Å²) in [6.45, 7) is 0. The minimum Gasteiger partial charge on any atom is -0.457 e. The summed E-state index contributed by atoms with van der Waals surface area (Å²) < 4.78 is 30.4. The second kappa shape index (κ2) is 6.10. The fourth-order valence-electron chi connectivity index (χ4n) is 2.03. The molecule has 0 spiro atoms. The molecular formula is C16H12N2O4S. The fraction of sp³-hybridized carbons (Fsp3) is 0.125.